The third kappa shape index (κ3) is 9.72. The molecule has 24 heteroatoms. The van der Waals surface area contributed by atoms with Gasteiger partial charge >= 0.3 is 11.9 Å². The molecule has 0 bridgehead atoms. The Bertz CT molecular complexity index is 2190. The van der Waals surface area contributed by atoms with E-state index < -0.39 is 172 Å². The van der Waals surface area contributed by atoms with E-state index in [4.69, 9.17) is 37.9 Å². The van der Waals surface area contributed by atoms with Gasteiger partial charge in [-0.25, -0.2) is 4.79 Å². The van der Waals surface area contributed by atoms with E-state index in [2.05, 4.69) is 54.5 Å². The van der Waals surface area contributed by atoms with Crippen LogP contribution in [0.25, 0.3) is 0 Å². The van der Waals surface area contributed by atoms with Crippen LogP contribution in [-0.2, 0) is 47.5 Å². The number of carbonyl (C=O) groups excluding carboxylic acids is 1. The first-order chi connectivity index (χ1) is 36.5. The van der Waals surface area contributed by atoms with Crippen molar-refractivity contribution in [2.75, 3.05) is 19.8 Å². The Kier molecular flexibility index (Phi) is 16.9. The minimum absolute atomic E-state index is 0.0129. The number of aliphatic carboxylic acids is 1. The minimum atomic E-state index is -2.10. The molecule has 0 aromatic heterocycles. The maximum atomic E-state index is 14.8. The Morgan fingerprint density at radius 1 is 0.551 bits per heavy atom. The Morgan fingerprint density at radius 2 is 1.06 bits per heavy atom. The van der Waals surface area contributed by atoms with Crippen LogP contribution in [-0.4, -0.2) is 232 Å². The fourth-order valence-electron chi connectivity index (χ4n) is 16.5. The first-order valence-corrected chi connectivity index (χ1v) is 27.8. The molecule has 4 aliphatic heterocycles. The molecule has 4 saturated heterocycles. The van der Waals surface area contributed by atoms with Crippen LogP contribution < -0.4 is 0 Å². The number of hydrogen-bond acceptors (Lipinski definition) is 23. The molecule has 0 aromatic rings. The molecule has 14 N–H and O–H groups in total. The van der Waals surface area contributed by atoms with Crippen molar-refractivity contribution in [3.63, 3.8) is 0 Å². The first kappa shape index (κ1) is 60.5. The summed E-state index contributed by atoms with van der Waals surface area (Å²) in [6, 6.07) is 0. The molecule has 4 saturated carbocycles. The second-order valence-corrected chi connectivity index (χ2v) is 26.3. The third-order valence-electron chi connectivity index (χ3n) is 21.4. The standard InChI is InChI=1S/C54H86O24/c1-49(2)14-16-54(48(70)78-46-38(66)35(63)32(60)26(21-57)73-46)17-15-52(6)22(23(54)18-49)8-9-28-51(5)12-11-29(50(3,4)27(51)10-13-53(28,52)7)74-47-41(76-45-37(65)34(62)31(59)25(20-56)72-45)39(67)40(42(77-47)43(68)69)75-44-36(64)33(61)30(58)24(19-55)71-44/h8,23-42,44-47,55-67H,9-21H2,1-7H3,(H,68,69)/t23-,24+,25+,26+,27-,28+,29?,30+,31-,32+,33-,34-,35-,36+,37+,38+,39-,40-,41+,42-,44-,45-,46-,47+,51-,52+,53+,54-/m0/s1. The molecule has 28 atom stereocenters. The topological polar surface area (TPSA) is 391 Å². The van der Waals surface area contributed by atoms with Crippen molar-refractivity contribution in [2.45, 2.75) is 242 Å². The van der Waals surface area contributed by atoms with Gasteiger partial charge in [0.25, 0.3) is 0 Å². The fourth-order valence-corrected chi connectivity index (χ4v) is 16.5. The number of esters is 1. The highest BCUT2D eigenvalue weighted by Gasteiger charge is 2.70. The number of carbonyl (C=O) groups is 2. The number of aliphatic hydroxyl groups excluding tert-OH is 13. The van der Waals surface area contributed by atoms with Gasteiger partial charge in [0.15, 0.2) is 25.0 Å². The Labute approximate surface area is 453 Å². The number of carboxylic acids is 1. The second-order valence-electron chi connectivity index (χ2n) is 26.3. The summed E-state index contributed by atoms with van der Waals surface area (Å²) in [7, 11) is 0. The molecule has 5 aliphatic carbocycles. The van der Waals surface area contributed by atoms with E-state index in [1.807, 2.05) is 0 Å². The number of hydrogen-bond donors (Lipinski definition) is 14. The summed E-state index contributed by atoms with van der Waals surface area (Å²) in [5.74, 6) is -2.30. The molecule has 0 amide bonds. The SMILES string of the molecule is CC1(C)CC[C@]2(C(=O)O[C@@H]3O[C@H](CO)[C@@H](O)[C@H](O)[C@H]3O)CC[C@]3(C)C(=CC[C@@H]4[C@@]5(C)CCC(O[C@@H]6O[C@H](C(=O)O)[C@@H](O[C@@H]7O[C@H](CO)[C@@H](O)[C@H](O)[C@H]7O)[C@H](O)[C@H]6O[C@@H]6O[C@H](CO)[C@H](O)[C@H](O)[C@H]6O)C(C)(C)[C@@H]5CC[C@]43C)[C@@H]2C1. The average molecular weight is 1120 g/mol. The Hall–Kier alpha value is -2.12. The van der Waals surface area contributed by atoms with E-state index in [-0.39, 0.29) is 39.4 Å². The quantitative estimate of drug-likeness (QED) is 0.0574. The summed E-state index contributed by atoms with van der Waals surface area (Å²) in [6.07, 6.45) is -27.8. The van der Waals surface area contributed by atoms with Gasteiger partial charge in [-0.3, -0.25) is 4.79 Å². The summed E-state index contributed by atoms with van der Waals surface area (Å²) in [6.45, 7) is 13.2. The number of allylic oxidation sites excluding steroid dienone is 2. The van der Waals surface area contributed by atoms with Crippen molar-refractivity contribution in [3.05, 3.63) is 11.6 Å². The monoisotopic (exact) mass is 1120 g/mol. The number of aliphatic hydroxyl groups is 13. The molecular formula is C54H86O24. The first-order valence-electron chi connectivity index (χ1n) is 27.8. The van der Waals surface area contributed by atoms with Crippen LogP contribution in [0.5, 0.6) is 0 Å². The van der Waals surface area contributed by atoms with Crippen LogP contribution in [0.1, 0.15) is 113 Å². The zero-order valence-electron chi connectivity index (χ0n) is 45.5. The summed E-state index contributed by atoms with van der Waals surface area (Å²) in [5.41, 5.74) is -1.51. The van der Waals surface area contributed by atoms with Gasteiger partial charge in [-0.15, -0.1) is 0 Å². The van der Waals surface area contributed by atoms with Gasteiger partial charge in [0.2, 0.25) is 6.29 Å². The lowest BCUT2D eigenvalue weighted by atomic mass is 9.33. The van der Waals surface area contributed by atoms with Gasteiger partial charge in [-0.2, -0.15) is 0 Å². The van der Waals surface area contributed by atoms with Crippen molar-refractivity contribution in [3.8, 4) is 0 Å². The zero-order chi connectivity index (χ0) is 57.1. The van der Waals surface area contributed by atoms with Crippen LogP contribution in [0.15, 0.2) is 11.6 Å². The van der Waals surface area contributed by atoms with Crippen LogP contribution >= 0.6 is 0 Å². The summed E-state index contributed by atoms with van der Waals surface area (Å²) >= 11 is 0. The molecular weight excluding hydrogens is 1030 g/mol. The van der Waals surface area contributed by atoms with Gasteiger partial charge in [-0.05, 0) is 109 Å². The molecule has 78 heavy (non-hydrogen) atoms. The van der Waals surface area contributed by atoms with Crippen LogP contribution in [0, 0.1) is 50.2 Å². The lowest BCUT2D eigenvalue weighted by Crippen LogP contribution is -2.68. The number of carboxylic acid groups (broad SMARTS) is 1. The van der Waals surface area contributed by atoms with Crippen molar-refractivity contribution in [2.24, 2.45) is 50.2 Å². The van der Waals surface area contributed by atoms with E-state index in [9.17, 15) is 81.1 Å². The van der Waals surface area contributed by atoms with E-state index >= 15 is 0 Å². The highest BCUT2D eigenvalue weighted by molar-refractivity contribution is 5.79. The summed E-state index contributed by atoms with van der Waals surface area (Å²) < 4.78 is 47.8. The molecule has 24 nitrogen and oxygen atoms in total. The smallest absolute Gasteiger partial charge is 0.335 e. The second kappa shape index (κ2) is 21.8. The van der Waals surface area contributed by atoms with Crippen molar-refractivity contribution < 1.29 is 119 Å². The number of fused-ring (bicyclic) bond motifs is 7. The van der Waals surface area contributed by atoms with E-state index in [1.165, 1.54) is 5.57 Å². The average Bonchev–Trinajstić information content (AvgIpc) is 2.51. The highest BCUT2D eigenvalue weighted by atomic mass is 16.8. The van der Waals surface area contributed by atoms with Crippen LogP contribution in [0.2, 0.25) is 0 Å². The van der Waals surface area contributed by atoms with E-state index in [1.54, 1.807) is 0 Å². The van der Waals surface area contributed by atoms with Gasteiger partial charge in [0.1, 0.15) is 91.6 Å². The molecule has 446 valence electrons. The Morgan fingerprint density at radius 3 is 1.60 bits per heavy atom. The Balaban J connectivity index is 0.987. The fraction of sp³-hybridized carbons (Fsp3) is 0.926. The molecule has 4 heterocycles. The highest BCUT2D eigenvalue weighted by Crippen LogP contribution is 2.76. The predicted octanol–water partition coefficient (Wildman–Crippen LogP) is -1.94. The lowest BCUT2D eigenvalue weighted by molar-refractivity contribution is -0.391. The maximum absolute atomic E-state index is 14.8. The maximum Gasteiger partial charge on any atom is 0.335 e. The normalized spacial score (nSPS) is 52.8. The molecule has 9 aliphatic rings. The number of ether oxygens (including phenoxy) is 8. The van der Waals surface area contributed by atoms with Crippen LogP contribution in [0.3, 0.4) is 0 Å². The lowest BCUT2D eigenvalue weighted by Gasteiger charge is -2.71. The third-order valence-corrected chi connectivity index (χ3v) is 21.4. The van der Waals surface area contributed by atoms with Gasteiger partial charge in [-0.1, -0.05) is 60.1 Å². The van der Waals surface area contributed by atoms with Gasteiger partial charge < -0.3 is 109 Å². The van der Waals surface area contributed by atoms with Crippen molar-refractivity contribution in [1.29, 1.82) is 0 Å². The van der Waals surface area contributed by atoms with Crippen molar-refractivity contribution >= 4 is 11.9 Å². The summed E-state index contributed by atoms with van der Waals surface area (Å²) in [5, 5.41) is 149. The molecule has 0 spiro atoms. The molecule has 0 aromatic carbocycles. The van der Waals surface area contributed by atoms with E-state index in [0.29, 0.717) is 44.9 Å². The summed E-state index contributed by atoms with van der Waals surface area (Å²) in [4.78, 5) is 27.9. The predicted molar refractivity (Wildman–Crippen MR) is 263 cm³/mol. The van der Waals surface area contributed by atoms with Crippen LogP contribution in [0.4, 0.5) is 0 Å². The minimum Gasteiger partial charge on any atom is -0.479 e. The molecule has 0 radical (unpaired) electrons. The van der Waals surface area contributed by atoms with Gasteiger partial charge in [0.05, 0.1) is 31.3 Å². The number of rotatable bonds is 12. The largest absolute Gasteiger partial charge is 0.479 e. The molecule has 9 rings (SSSR count). The molecule has 1 unspecified atom stereocenters. The zero-order valence-corrected chi connectivity index (χ0v) is 45.5. The van der Waals surface area contributed by atoms with E-state index in [0.717, 1.165) is 19.3 Å². The molecule has 8 fully saturated rings. The van der Waals surface area contributed by atoms with Gasteiger partial charge in [0, 0.05) is 0 Å². The van der Waals surface area contributed by atoms with Crippen molar-refractivity contribution in [1.82, 2.24) is 0 Å².